The summed E-state index contributed by atoms with van der Waals surface area (Å²) in [5.41, 5.74) is 4.15. The average Bonchev–Trinajstić information content (AvgIpc) is 3.59. The lowest BCUT2D eigenvalue weighted by Gasteiger charge is -2.21. The van der Waals surface area contributed by atoms with Gasteiger partial charge in [0.05, 0.1) is 22.3 Å². The Morgan fingerprint density at radius 1 is 1.00 bits per heavy atom. The largest absolute Gasteiger partial charge is 0.454 e. The molecule has 4 aromatic rings. The van der Waals surface area contributed by atoms with Crippen LogP contribution >= 0.6 is 34.3 Å². The van der Waals surface area contributed by atoms with Crippen LogP contribution in [-0.4, -0.2) is 17.5 Å². The molecule has 2 aromatic heterocycles. The van der Waals surface area contributed by atoms with Crippen LogP contribution in [0, 0.1) is 0 Å². The number of halogens is 1. The number of thiazole rings is 1. The summed E-state index contributed by atoms with van der Waals surface area (Å²) < 4.78 is 11.1. The van der Waals surface area contributed by atoms with Crippen LogP contribution in [0.3, 0.4) is 0 Å². The van der Waals surface area contributed by atoms with Crippen molar-refractivity contribution in [2.24, 2.45) is 5.10 Å². The molecule has 0 bridgehead atoms. The van der Waals surface area contributed by atoms with Gasteiger partial charge in [-0.25, -0.2) is 9.99 Å². The van der Waals surface area contributed by atoms with Crippen molar-refractivity contribution in [2.75, 3.05) is 11.8 Å². The number of ether oxygens (including phenoxy) is 2. The quantitative estimate of drug-likeness (QED) is 0.340. The zero-order valence-electron chi connectivity index (χ0n) is 16.2. The fraction of sp³-hybridized carbons (Fsp3) is 0.130. The minimum absolute atomic E-state index is 0.0378. The molecule has 0 saturated carbocycles. The molecule has 5 nitrogen and oxygen atoms in total. The van der Waals surface area contributed by atoms with Gasteiger partial charge >= 0.3 is 0 Å². The Hall–Kier alpha value is -2.87. The second-order valence-electron chi connectivity index (χ2n) is 7.22. The van der Waals surface area contributed by atoms with E-state index >= 15 is 0 Å². The van der Waals surface area contributed by atoms with Gasteiger partial charge in [0, 0.05) is 22.4 Å². The van der Waals surface area contributed by atoms with Gasteiger partial charge in [-0.3, -0.25) is 0 Å². The van der Waals surface area contributed by atoms with E-state index in [2.05, 4.69) is 35.0 Å². The van der Waals surface area contributed by atoms with Crippen molar-refractivity contribution in [2.45, 2.75) is 12.5 Å². The Labute approximate surface area is 192 Å². The summed E-state index contributed by atoms with van der Waals surface area (Å²) >= 11 is 9.34. The van der Waals surface area contributed by atoms with Crippen LogP contribution in [0.2, 0.25) is 5.02 Å². The van der Waals surface area contributed by atoms with E-state index in [9.17, 15) is 0 Å². The van der Waals surface area contributed by atoms with E-state index in [1.165, 1.54) is 4.88 Å². The van der Waals surface area contributed by atoms with E-state index in [0.29, 0.717) is 5.02 Å². The van der Waals surface area contributed by atoms with Gasteiger partial charge in [0.2, 0.25) is 11.9 Å². The van der Waals surface area contributed by atoms with E-state index in [1.807, 2.05) is 35.3 Å². The van der Waals surface area contributed by atoms with Gasteiger partial charge in [0.15, 0.2) is 11.5 Å². The Balaban J connectivity index is 1.38. The summed E-state index contributed by atoms with van der Waals surface area (Å²) in [6.45, 7) is 0.265. The number of fused-ring (bicyclic) bond motifs is 1. The van der Waals surface area contributed by atoms with Crippen molar-refractivity contribution in [3.63, 3.8) is 0 Å². The topological polar surface area (TPSA) is 47.0 Å². The number of aromatic nitrogens is 1. The molecule has 6 rings (SSSR count). The molecule has 0 spiro atoms. The lowest BCUT2D eigenvalue weighted by molar-refractivity contribution is 0.174. The maximum absolute atomic E-state index is 6.04. The van der Waals surface area contributed by atoms with Gasteiger partial charge in [0.25, 0.3) is 0 Å². The van der Waals surface area contributed by atoms with Crippen molar-refractivity contribution in [3.05, 3.63) is 80.8 Å². The second-order valence-corrected chi connectivity index (χ2v) is 9.44. The minimum Gasteiger partial charge on any atom is -0.454 e. The van der Waals surface area contributed by atoms with E-state index in [1.54, 1.807) is 22.7 Å². The summed E-state index contributed by atoms with van der Waals surface area (Å²) in [5.74, 6) is 1.56. The smallest absolute Gasteiger partial charge is 0.231 e. The summed E-state index contributed by atoms with van der Waals surface area (Å²) in [6, 6.07) is 18.1. The van der Waals surface area contributed by atoms with Crippen molar-refractivity contribution in [3.8, 4) is 22.8 Å². The van der Waals surface area contributed by atoms with Crippen molar-refractivity contribution in [1.82, 2.24) is 4.98 Å². The van der Waals surface area contributed by atoms with Crippen LogP contribution in [0.4, 0.5) is 5.13 Å². The molecular formula is C23H16ClN3O2S2. The van der Waals surface area contributed by atoms with Crippen molar-refractivity contribution >= 4 is 45.1 Å². The minimum atomic E-state index is 0.0378. The van der Waals surface area contributed by atoms with Crippen molar-refractivity contribution < 1.29 is 9.47 Å². The van der Waals surface area contributed by atoms with Crippen LogP contribution in [-0.2, 0) is 0 Å². The first-order valence-electron chi connectivity index (χ1n) is 9.76. The van der Waals surface area contributed by atoms with Gasteiger partial charge < -0.3 is 9.47 Å². The molecule has 31 heavy (non-hydrogen) atoms. The van der Waals surface area contributed by atoms with Gasteiger partial charge in [-0.15, -0.1) is 22.7 Å². The maximum Gasteiger partial charge on any atom is 0.231 e. The lowest BCUT2D eigenvalue weighted by atomic mass is 10.0. The first-order valence-corrected chi connectivity index (χ1v) is 11.9. The molecule has 8 heteroatoms. The SMILES string of the molecule is Clc1ccc(-c2csc(N3N=C(c4cccs4)C[C@@H]3c3ccc4c(c3)OCO4)n2)cc1. The van der Waals surface area contributed by atoms with Crippen LogP contribution in [0.15, 0.2) is 70.5 Å². The fourth-order valence-corrected chi connectivity index (χ4v) is 5.46. The first-order chi connectivity index (χ1) is 15.2. The lowest BCUT2D eigenvalue weighted by Crippen LogP contribution is -2.18. The number of nitrogens with zero attached hydrogens (tertiary/aromatic N) is 3. The molecule has 2 aliphatic rings. The predicted molar refractivity (Wildman–Crippen MR) is 126 cm³/mol. The standard InChI is InChI=1S/C23H16ClN3O2S2/c24-16-6-3-14(4-7-16)18-12-31-23(25-18)27-19(11-17(26-27)22-2-1-9-30-22)15-5-8-20-21(10-15)29-13-28-20/h1-10,12,19H,11,13H2/t19-/m1/s1. The highest BCUT2D eigenvalue weighted by Gasteiger charge is 2.33. The summed E-state index contributed by atoms with van der Waals surface area (Å²) in [6.07, 6.45) is 0.802. The zero-order valence-corrected chi connectivity index (χ0v) is 18.6. The molecule has 0 radical (unpaired) electrons. The highest BCUT2D eigenvalue weighted by Crippen LogP contribution is 2.42. The molecule has 4 heterocycles. The number of rotatable bonds is 4. The molecule has 0 fully saturated rings. The number of hydrogen-bond acceptors (Lipinski definition) is 7. The van der Waals surface area contributed by atoms with Crippen LogP contribution < -0.4 is 14.5 Å². The number of hydrogen-bond donors (Lipinski definition) is 0. The van der Waals surface area contributed by atoms with Gasteiger partial charge in [-0.05, 0) is 41.3 Å². The highest BCUT2D eigenvalue weighted by atomic mass is 35.5. The van der Waals surface area contributed by atoms with Crippen LogP contribution in [0.5, 0.6) is 11.5 Å². The molecule has 0 N–H and O–H groups in total. The Kier molecular flexibility index (Phi) is 4.67. The van der Waals surface area contributed by atoms with E-state index in [0.717, 1.165) is 45.6 Å². The second kappa shape index (κ2) is 7.67. The Morgan fingerprint density at radius 3 is 2.71 bits per heavy atom. The number of thiophene rings is 1. The third-order valence-electron chi connectivity index (χ3n) is 5.33. The molecule has 0 amide bonds. The number of benzene rings is 2. The van der Waals surface area contributed by atoms with Gasteiger partial charge in [0.1, 0.15) is 0 Å². The Morgan fingerprint density at radius 2 is 1.87 bits per heavy atom. The molecule has 154 valence electrons. The first kappa shape index (κ1) is 18.9. The number of hydrazone groups is 1. The van der Waals surface area contributed by atoms with Crippen molar-refractivity contribution in [1.29, 1.82) is 0 Å². The van der Waals surface area contributed by atoms with E-state index in [4.69, 9.17) is 31.2 Å². The molecule has 2 aromatic carbocycles. The molecule has 0 aliphatic carbocycles. The number of anilines is 1. The average molecular weight is 466 g/mol. The molecule has 0 saturated heterocycles. The zero-order chi connectivity index (χ0) is 20.8. The van der Waals surface area contributed by atoms with E-state index < -0.39 is 0 Å². The molecule has 0 unspecified atom stereocenters. The van der Waals surface area contributed by atoms with Crippen LogP contribution in [0.25, 0.3) is 11.3 Å². The summed E-state index contributed by atoms with van der Waals surface area (Å²) in [5, 5.41) is 12.7. The fourth-order valence-electron chi connectivity index (χ4n) is 3.78. The maximum atomic E-state index is 6.04. The highest BCUT2D eigenvalue weighted by molar-refractivity contribution is 7.14. The molecule has 2 aliphatic heterocycles. The molecule has 1 atom stereocenters. The van der Waals surface area contributed by atoms with Crippen LogP contribution in [0.1, 0.15) is 22.9 Å². The third kappa shape index (κ3) is 3.48. The van der Waals surface area contributed by atoms with Gasteiger partial charge in [-0.2, -0.15) is 5.10 Å². The molecular weight excluding hydrogens is 450 g/mol. The Bertz CT molecular complexity index is 1270. The summed E-state index contributed by atoms with van der Waals surface area (Å²) in [4.78, 5) is 6.08. The summed E-state index contributed by atoms with van der Waals surface area (Å²) in [7, 11) is 0. The normalized spacial score (nSPS) is 17.3. The van der Waals surface area contributed by atoms with Gasteiger partial charge in [-0.1, -0.05) is 35.9 Å². The third-order valence-corrected chi connectivity index (χ3v) is 7.33. The monoisotopic (exact) mass is 465 g/mol. The van der Waals surface area contributed by atoms with E-state index in [-0.39, 0.29) is 12.8 Å². The predicted octanol–water partition coefficient (Wildman–Crippen LogP) is 6.61.